The van der Waals surface area contributed by atoms with Gasteiger partial charge in [0, 0.05) is 17.1 Å². The highest BCUT2D eigenvalue weighted by atomic mass is 35.5. The van der Waals surface area contributed by atoms with Crippen LogP contribution in [0.1, 0.15) is 18.1 Å². The highest BCUT2D eigenvalue weighted by Crippen LogP contribution is 2.26. The van der Waals surface area contributed by atoms with Crippen LogP contribution in [-0.4, -0.2) is 28.3 Å². The van der Waals surface area contributed by atoms with Gasteiger partial charge in [0.15, 0.2) is 0 Å². The molecule has 6 nitrogen and oxygen atoms in total. The number of amides is 2. The smallest absolute Gasteiger partial charge is 0.405 e. The highest BCUT2D eigenvalue weighted by molar-refractivity contribution is 6.30. The second-order valence-electron chi connectivity index (χ2n) is 4.12. The van der Waals surface area contributed by atoms with E-state index in [0.717, 1.165) is 0 Å². The van der Waals surface area contributed by atoms with Gasteiger partial charge in [-0.15, -0.1) is 0 Å². The number of phenolic OH excluding ortho intramolecular Hbond substituents is 1. The fourth-order valence-electron chi connectivity index (χ4n) is 1.53. The van der Waals surface area contributed by atoms with Crippen LogP contribution < -0.4 is 10.6 Å². The number of carboxylic acid groups (broad SMARTS) is 1. The average molecular weight is 287 g/mol. The number of carbonyl (C=O) groups is 2. The largest absolute Gasteiger partial charge is 0.507 e. The molecule has 0 fully saturated rings. The number of hydrogen-bond acceptors (Lipinski definition) is 3. The molecule has 0 aliphatic rings. The minimum atomic E-state index is -1.27. The Bertz CT molecular complexity index is 505. The molecule has 1 atom stereocenters. The maximum absolute atomic E-state index is 11.6. The Kier molecular flexibility index (Phi) is 5.00. The number of aromatic hydroxyl groups is 1. The summed E-state index contributed by atoms with van der Waals surface area (Å²) in [6.45, 7) is 3.19. The zero-order valence-corrected chi connectivity index (χ0v) is 11.3. The number of rotatable bonds is 4. The van der Waals surface area contributed by atoms with Crippen molar-refractivity contribution in [3.8, 4) is 5.75 Å². The van der Waals surface area contributed by atoms with Crippen molar-refractivity contribution < 1.29 is 19.8 Å². The molecule has 7 heteroatoms. The van der Waals surface area contributed by atoms with Gasteiger partial charge in [0.1, 0.15) is 11.8 Å². The van der Waals surface area contributed by atoms with Crippen molar-refractivity contribution in [2.45, 2.75) is 26.4 Å². The summed E-state index contributed by atoms with van der Waals surface area (Å²) in [4.78, 5) is 22.0. The number of hydrogen-bond donors (Lipinski definition) is 4. The van der Waals surface area contributed by atoms with E-state index in [2.05, 4.69) is 5.32 Å². The zero-order valence-electron chi connectivity index (χ0n) is 10.5. The maximum atomic E-state index is 11.6. The molecule has 0 spiro atoms. The molecule has 4 N–H and O–H groups in total. The normalized spacial score (nSPS) is 11.7. The van der Waals surface area contributed by atoms with Gasteiger partial charge in [-0.2, -0.15) is 0 Å². The van der Waals surface area contributed by atoms with Crippen molar-refractivity contribution in [3.63, 3.8) is 0 Å². The lowest BCUT2D eigenvalue weighted by Gasteiger charge is -2.13. The molecule has 0 bridgehead atoms. The van der Waals surface area contributed by atoms with Crippen molar-refractivity contribution in [1.29, 1.82) is 0 Å². The summed E-state index contributed by atoms with van der Waals surface area (Å²) in [5.41, 5.74) is 1.08. The van der Waals surface area contributed by atoms with Gasteiger partial charge in [0.2, 0.25) is 5.91 Å². The fourth-order valence-corrected chi connectivity index (χ4v) is 1.82. The van der Waals surface area contributed by atoms with Crippen molar-refractivity contribution in [3.05, 3.63) is 28.3 Å². The van der Waals surface area contributed by atoms with E-state index in [1.807, 2.05) is 5.32 Å². The van der Waals surface area contributed by atoms with Gasteiger partial charge in [0.25, 0.3) is 0 Å². The minimum Gasteiger partial charge on any atom is -0.507 e. The fraction of sp³-hybridized carbons (Fsp3) is 0.333. The molecule has 0 aliphatic carbocycles. The predicted octanol–water partition coefficient (Wildman–Crippen LogP) is 1.63. The molecule has 0 aliphatic heterocycles. The van der Waals surface area contributed by atoms with E-state index in [9.17, 15) is 14.7 Å². The average Bonchev–Trinajstić information content (AvgIpc) is 2.30. The lowest BCUT2D eigenvalue weighted by atomic mass is 10.1. The Morgan fingerprint density at radius 3 is 2.63 bits per heavy atom. The van der Waals surface area contributed by atoms with Crippen LogP contribution in [0.2, 0.25) is 5.02 Å². The summed E-state index contributed by atoms with van der Waals surface area (Å²) in [6.07, 6.45) is -1.27. The molecule has 0 heterocycles. The summed E-state index contributed by atoms with van der Waals surface area (Å²) >= 11 is 5.85. The number of benzene rings is 1. The molecule has 1 aromatic rings. The number of phenols is 1. The van der Waals surface area contributed by atoms with Crippen molar-refractivity contribution >= 4 is 23.6 Å². The Labute approximate surface area is 115 Å². The lowest BCUT2D eigenvalue weighted by molar-refractivity contribution is -0.122. The monoisotopic (exact) mass is 286 g/mol. The molecule has 2 amide bonds. The van der Waals surface area contributed by atoms with Crippen LogP contribution in [0.25, 0.3) is 0 Å². The van der Waals surface area contributed by atoms with E-state index >= 15 is 0 Å². The van der Waals surface area contributed by atoms with Gasteiger partial charge in [0.05, 0.1) is 0 Å². The van der Waals surface area contributed by atoms with Gasteiger partial charge in [-0.3, -0.25) is 4.79 Å². The zero-order chi connectivity index (χ0) is 14.6. The third-order valence-electron chi connectivity index (χ3n) is 2.53. The molecule has 1 aromatic carbocycles. The molecule has 1 rings (SSSR count). The number of nitrogens with one attached hydrogen (secondary N) is 2. The second kappa shape index (κ2) is 6.29. The Morgan fingerprint density at radius 2 is 2.05 bits per heavy atom. The quantitative estimate of drug-likeness (QED) is 0.676. The summed E-state index contributed by atoms with van der Waals surface area (Å²) in [6, 6.07) is 2.27. The van der Waals surface area contributed by atoms with Crippen LogP contribution in [-0.2, 0) is 11.3 Å². The van der Waals surface area contributed by atoms with Gasteiger partial charge in [-0.25, -0.2) is 4.79 Å². The van der Waals surface area contributed by atoms with Crippen molar-refractivity contribution in [1.82, 2.24) is 10.6 Å². The van der Waals surface area contributed by atoms with Crippen molar-refractivity contribution in [2.75, 3.05) is 0 Å². The number of carbonyl (C=O) groups excluding carboxylic acids is 1. The molecular formula is C12H15ClN2O4. The summed E-state index contributed by atoms with van der Waals surface area (Å²) in [5, 5.41) is 23.3. The Hall–Kier alpha value is -1.95. The number of halogens is 1. The summed E-state index contributed by atoms with van der Waals surface area (Å²) < 4.78 is 0. The molecule has 1 unspecified atom stereocenters. The van der Waals surface area contributed by atoms with Crippen LogP contribution >= 0.6 is 11.6 Å². The van der Waals surface area contributed by atoms with E-state index in [1.165, 1.54) is 6.92 Å². The number of aryl methyl sites for hydroxylation is 1. The van der Waals surface area contributed by atoms with Gasteiger partial charge in [-0.1, -0.05) is 11.6 Å². The van der Waals surface area contributed by atoms with Gasteiger partial charge >= 0.3 is 6.09 Å². The van der Waals surface area contributed by atoms with E-state index in [1.54, 1.807) is 19.1 Å². The van der Waals surface area contributed by atoms with Gasteiger partial charge < -0.3 is 20.8 Å². The standard InChI is InChI=1S/C12H15ClN2O4/c1-6-3-9(13)4-8(10(6)16)5-14-11(17)7(2)15-12(18)19/h3-4,7,15-16H,5H2,1-2H3,(H,14,17)(H,18,19). The molecule has 0 saturated carbocycles. The Balaban J connectivity index is 2.67. The first-order chi connectivity index (χ1) is 8.81. The molecule has 0 radical (unpaired) electrons. The third-order valence-corrected chi connectivity index (χ3v) is 2.75. The van der Waals surface area contributed by atoms with Crippen LogP contribution in [0.3, 0.4) is 0 Å². The van der Waals surface area contributed by atoms with E-state index in [0.29, 0.717) is 16.1 Å². The second-order valence-corrected chi connectivity index (χ2v) is 4.56. The van der Waals surface area contributed by atoms with E-state index in [4.69, 9.17) is 16.7 Å². The minimum absolute atomic E-state index is 0.0588. The SMILES string of the molecule is Cc1cc(Cl)cc(CNC(=O)C(C)NC(=O)O)c1O. The maximum Gasteiger partial charge on any atom is 0.405 e. The van der Waals surface area contributed by atoms with Crippen molar-refractivity contribution in [2.24, 2.45) is 0 Å². The molecule has 0 saturated heterocycles. The first-order valence-corrected chi connectivity index (χ1v) is 5.94. The highest BCUT2D eigenvalue weighted by Gasteiger charge is 2.15. The topological polar surface area (TPSA) is 98.7 Å². The van der Waals surface area contributed by atoms with Crippen LogP contribution in [0.4, 0.5) is 4.79 Å². The predicted molar refractivity (Wildman–Crippen MR) is 70.3 cm³/mol. The summed E-state index contributed by atoms with van der Waals surface area (Å²) in [7, 11) is 0. The summed E-state index contributed by atoms with van der Waals surface area (Å²) in [5.74, 6) is -0.428. The van der Waals surface area contributed by atoms with Crippen LogP contribution in [0, 0.1) is 6.92 Å². The first kappa shape index (κ1) is 15.1. The molecule has 19 heavy (non-hydrogen) atoms. The van der Waals surface area contributed by atoms with E-state index in [-0.39, 0.29) is 12.3 Å². The molecular weight excluding hydrogens is 272 g/mol. The molecule has 0 aromatic heterocycles. The van der Waals surface area contributed by atoms with Gasteiger partial charge in [-0.05, 0) is 31.5 Å². The van der Waals surface area contributed by atoms with E-state index < -0.39 is 18.0 Å². The first-order valence-electron chi connectivity index (χ1n) is 5.56. The molecule has 104 valence electrons. The van der Waals surface area contributed by atoms with Crippen LogP contribution in [0.5, 0.6) is 5.75 Å². The third kappa shape index (κ3) is 4.33. The van der Waals surface area contributed by atoms with Crippen LogP contribution in [0.15, 0.2) is 12.1 Å². The lowest BCUT2D eigenvalue weighted by Crippen LogP contribution is -2.44. The Morgan fingerprint density at radius 1 is 1.42 bits per heavy atom.